The van der Waals surface area contributed by atoms with Crippen LogP contribution in [0.1, 0.15) is 38.7 Å². The lowest BCUT2D eigenvalue weighted by atomic mass is 10.1. The van der Waals surface area contributed by atoms with Crippen LogP contribution in [0.2, 0.25) is 0 Å². The number of carbonyl (C=O) groups excluding carboxylic acids is 1. The highest BCUT2D eigenvalue weighted by Crippen LogP contribution is 2.18. The zero-order chi connectivity index (χ0) is 18.1. The zero-order valence-electron chi connectivity index (χ0n) is 15.5. The van der Waals surface area contributed by atoms with E-state index in [1.54, 1.807) is 7.05 Å². The molecule has 0 saturated heterocycles. The Kier molecular flexibility index (Phi) is 7.57. The molecule has 0 aromatic heterocycles. The van der Waals surface area contributed by atoms with Gasteiger partial charge in [0.05, 0.1) is 0 Å². The molecule has 3 N–H and O–H groups in total. The highest BCUT2D eigenvalue weighted by Gasteiger charge is 2.23. The summed E-state index contributed by atoms with van der Waals surface area (Å²) in [7, 11) is 1.78. The third kappa shape index (κ3) is 7.45. The highest BCUT2D eigenvalue weighted by molar-refractivity contribution is 5.80. The summed E-state index contributed by atoms with van der Waals surface area (Å²) in [6.45, 7) is 5.16. The number of guanidine groups is 1. The Hall–Kier alpha value is -2.24. The number of rotatable bonds is 9. The highest BCUT2D eigenvalue weighted by atomic mass is 16.5. The van der Waals surface area contributed by atoms with Crippen LogP contribution in [0, 0.1) is 0 Å². The minimum absolute atomic E-state index is 0.0454. The van der Waals surface area contributed by atoms with Crippen molar-refractivity contribution in [2.75, 3.05) is 20.2 Å². The molecule has 1 fully saturated rings. The maximum atomic E-state index is 11.6. The van der Waals surface area contributed by atoms with Crippen molar-refractivity contribution >= 4 is 11.9 Å². The van der Waals surface area contributed by atoms with Crippen molar-refractivity contribution in [3.63, 3.8) is 0 Å². The molecule has 1 aliphatic rings. The molecule has 2 rings (SSSR count). The lowest BCUT2D eigenvalue weighted by Crippen LogP contribution is -2.42. The Balaban J connectivity index is 1.67. The van der Waals surface area contributed by atoms with Crippen molar-refractivity contribution in [2.45, 2.75) is 51.6 Å². The molecule has 1 aliphatic carbocycles. The van der Waals surface area contributed by atoms with Gasteiger partial charge in [-0.05, 0) is 50.3 Å². The molecule has 1 aromatic rings. The van der Waals surface area contributed by atoms with Crippen LogP contribution in [0.15, 0.2) is 29.3 Å². The van der Waals surface area contributed by atoms with E-state index in [2.05, 4.69) is 34.8 Å². The monoisotopic (exact) mass is 346 g/mol. The molecule has 0 heterocycles. The smallest absolute Gasteiger partial charge is 0.258 e. The molecule has 0 bridgehead atoms. The summed E-state index contributed by atoms with van der Waals surface area (Å²) in [5.74, 6) is 1.50. The molecule has 6 nitrogen and oxygen atoms in total. The number of hydrogen-bond donors (Lipinski definition) is 3. The first kappa shape index (κ1) is 19.1. The molecule has 138 valence electrons. The van der Waals surface area contributed by atoms with Gasteiger partial charge in [0.15, 0.2) is 12.6 Å². The van der Waals surface area contributed by atoms with E-state index in [0.717, 1.165) is 43.9 Å². The van der Waals surface area contributed by atoms with Crippen molar-refractivity contribution in [3.05, 3.63) is 29.8 Å². The van der Waals surface area contributed by atoms with E-state index < -0.39 is 0 Å². The average molecular weight is 346 g/mol. The molecule has 1 unspecified atom stereocenters. The largest absolute Gasteiger partial charge is 0.484 e. The minimum atomic E-state index is -0.0454. The summed E-state index contributed by atoms with van der Waals surface area (Å²) >= 11 is 0. The standard InChI is InChI=1S/C19H30N4O2/c1-4-14(2)22-19(20-3)21-12-11-15-5-9-17(10-6-15)25-13-18(24)23-16-7-8-16/h5-6,9-10,14,16H,4,7-8,11-13H2,1-3H3,(H,23,24)(H2,20,21,22). The number of nitrogens with one attached hydrogen (secondary N) is 3. The molecule has 0 radical (unpaired) electrons. The van der Waals surface area contributed by atoms with Crippen LogP contribution in [0.4, 0.5) is 0 Å². The number of nitrogens with zero attached hydrogens (tertiary/aromatic N) is 1. The fourth-order valence-corrected chi connectivity index (χ4v) is 2.25. The molecule has 1 aromatic carbocycles. The fraction of sp³-hybridized carbons (Fsp3) is 0.579. The van der Waals surface area contributed by atoms with Gasteiger partial charge in [0, 0.05) is 25.7 Å². The van der Waals surface area contributed by atoms with Gasteiger partial charge in [-0.2, -0.15) is 0 Å². The Morgan fingerprint density at radius 2 is 2.04 bits per heavy atom. The van der Waals surface area contributed by atoms with Crippen LogP contribution >= 0.6 is 0 Å². The van der Waals surface area contributed by atoms with Gasteiger partial charge in [0.2, 0.25) is 0 Å². The number of ether oxygens (including phenoxy) is 1. The van der Waals surface area contributed by atoms with Gasteiger partial charge < -0.3 is 20.7 Å². The summed E-state index contributed by atoms with van der Waals surface area (Å²) in [5, 5.41) is 9.56. The first-order valence-corrected chi connectivity index (χ1v) is 9.09. The molecule has 1 atom stereocenters. The number of aliphatic imine (C=N–C) groups is 1. The maximum absolute atomic E-state index is 11.6. The lowest BCUT2D eigenvalue weighted by molar-refractivity contribution is -0.123. The van der Waals surface area contributed by atoms with Crippen molar-refractivity contribution in [1.82, 2.24) is 16.0 Å². The predicted molar refractivity (Wildman–Crippen MR) is 101 cm³/mol. The lowest BCUT2D eigenvalue weighted by Gasteiger charge is -2.16. The van der Waals surface area contributed by atoms with E-state index in [4.69, 9.17) is 4.74 Å². The SMILES string of the molecule is CCC(C)NC(=NC)NCCc1ccc(OCC(=O)NC2CC2)cc1. The second-order valence-electron chi connectivity index (χ2n) is 6.48. The fourth-order valence-electron chi connectivity index (χ4n) is 2.25. The van der Waals surface area contributed by atoms with E-state index in [1.165, 1.54) is 5.56 Å². The van der Waals surface area contributed by atoms with Gasteiger partial charge in [0.1, 0.15) is 5.75 Å². The normalized spacial score (nSPS) is 15.4. The minimum Gasteiger partial charge on any atom is -0.484 e. The summed E-state index contributed by atoms with van der Waals surface area (Å²) in [6.07, 6.45) is 4.13. The van der Waals surface area contributed by atoms with Crippen LogP contribution in [0.3, 0.4) is 0 Å². The van der Waals surface area contributed by atoms with E-state index in [-0.39, 0.29) is 12.5 Å². The Morgan fingerprint density at radius 3 is 2.64 bits per heavy atom. The van der Waals surface area contributed by atoms with E-state index in [1.807, 2.05) is 24.3 Å². The summed E-state index contributed by atoms with van der Waals surface area (Å²) in [6, 6.07) is 8.65. The molecule has 1 saturated carbocycles. The van der Waals surface area contributed by atoms with Crippen molar-refractivity contribution in [1.29, 1.82) is 0 Å². The number of carbonyl (C=O) groups is 1. The van der Waals surface area contributed by atoms with E-state index in [0.29, 0.717) is 12.1 Å². The molecule has 1 amide bonds. The average Bonchev–Trinajstić information content (AvgIpc) is 3.43. The maximum Gasteiger partial charge on any atom is 0.258 e. The first-order chi connectivity index (χ1) is 12.1. The number of benzene rings is 1. The molecular weight excluding hydrogens is 316 g/mol. The van der Waals surface area contributed by atoms with E-state index >= 15 is 0 Å². The summed E-state index contributed by atoms with van der Waals surface area (Å²) in [5.41, 5.74) is 1.21. The topological polar surface area (TPSA) is 74.8 Å². The van der Waals surface area contributed by atoms with Crippen LogP contribution < -0.4 is 20.7 Å². The van der Waals surface area contributed by atoms with Gasteiger partial charge in [0.25, 0.3) is 5.91 Å². The predicted octanol–water partition coefficient (Wildman–Crippen LogP) is 1.85. The van der Waals surface area contributed by atoms with Crippen molar-refractivity contribution < 1.29 is 9.53 Å². The Morgan fingerprint density at radius 1 is 1.32 bits per heavy atom. The summed E-state index contributed by atoms with van der Waals surface area (Å²) < 4.78 is 5.51. The van der Waals surface area contributed by atoms with Crippen LogP contribution in [0.25, 0.3) is 0 Å². The van der Waals surface area contributed by atoms with Gasteiger partial charge in [-0.15, -0.1) is 0 Å². The van der Waals surface area contributed by atoms with Gasteiger partial charge in [-0.1, -0.05) is 19.1 Å². The van der Waals surface area contributed by atoms with Crippen molar-refractivity contribution in [3.8, 4) is 5.75 Å². The Bertz CT molecular complexity index is 567. The first-order valence-electron chi connectivity index (χ1n) is 9.09. The van der Waals surface area contributed by atoms with Gasteiger partial charge in [-0.25, -0.2) is 0 Å². The third-order valence-corrected chi connectivity index (χ3v) is 4.16. The van der Waals surface area contributed by atoms with Crippen LogP contribution in [0.5, 0.6) is 5.75 Å². The van der Waals surface area contributed by atoms with Gasteiger partial charge >= 0.3 is 0 Å². The second-order valence-corrected chi connectivity index (χ2v) is 6.48. The summed E-state index contributed by atoms with van der Waals surface area (Å²) in [4.78, 5) is 15.8. The molecule has 0 spiro atoms. The third-order valence-electron chi connectivity index (χ3n) is 4.16. The van der Waals surface area contributed by atoms with Crippen molar-refractivity contribution in [2.24, 2.45) is 4.99 Å². The molecule has 6 heteroatoms. The number of hydrogen-bond acceptors (Lipinski definition) is 3. The zero-order valence-corrected chi connectivity index (χ0v) is 15.5. The van der Waals surface area contributed by atoms with Gasteiger partial charge in [-0.3, -0.25) is 9.79 Å². The Labute approximate surface area is 150 Å². The molecule has 25 heavy (non-hydrogen) atoms. The molecule has 0 aliphatic heterocycles. The number of amides is 1. The molecular formula is C19H30N4O2. The van der Waals surface area contributed by atoms with Crippen LogP contribution in [-0.4, -0.2) is 44.1 Å². The quantitative estimate of drug-likeness (QED) is 0.471. The van der Waals surface area contributed by atoms with E-state index in [9.17, 15) is 4.79 Å². The second kappa shape index (κ2) is 9.91. The van der Waals surface area contributed by atoms with Crippen LogP contribution in [-0.2, 0) is 11.2 Å².